The number of halogens is 1. The van der Waals surface area contributed by atoms with E-state index in [0.29, 0.717) is 23.0 Å². The molecule has 4 rings (SSSR count). The van der Waals surface area contributed by atoms with Crippen molar-refractivity contribution in [2.45, 2.75) is 20.3 Å². The van der Waals surface area contributed by atoms with Crippen LogP contribution in [0.5, 0.6) is 0 Å². The first-order valence-corrected chi connectivity index (χ1v) is 8.93. The Kier molecular flexibility index (Phi) is 4.40. The van der Waals surface area contributed by atoms with Gasteiger partial charge in [-0.15, -0.1) is 5.10 Å². The number of benzene rings is 1. The summed E-state index contributed by atoms with van der Waals surface area (Å²) in [4.78, 5) is 25.2. The maximum absolute atomic E-state index is 12.6. The first kappa shape index (κ1) is 17.3. The molecule has 0 spiro atoms. The van der Waals surface area contributed by atoms with Gasteiger partial charge in [0.05, 0.1) is 17.8 Å². The standard InChI is InChI=1S/C17H15BrN8O/c1-10-5-11(2)26-17(21-10)23-15(24-26)7-16(27)22-13-6-12(18)3-4-14(13)25-9-19-8-20-25/h3-6,8-9H,7H2,1-2H3,(H,22,27). The maximum Gasteiger partial charge on any atom is 0.252 e. The molecule has 0 unspecified atom stereocenters. The number of nitrogens with zero attached hydrogens (tertiary/aromatic N) is 7. The number of rotatable bonds is 4. The molecule has 10 heteroatoms. The van der Waals surface area contributed by atoms with E-state index in [4.69, 9.17) is 0 Å². The summed E-state index contributed by atoms with van der Waals surface area (Å²) in [7, 11) is 0. The molecule has 0 saturated carbocycles. The van der Waals surface area contributed by atoms with Gasteiger partial charge in [-0.1, -0.05) is 15.9 Å². The summed E-state index contributed by atoms with van der Waals surface area (Å²) in [5.74, 6) is 0.659. The van der Waals surface area contributed by atoms with Crippen LogP contribution in [0.25, 0.3) is 11.5 Å². The summed E-state index contributed by atoms with van der Waals surface area (Å²) in [5, 5.41) is 11.4. The highest BCUT2D eigenvalue weighted by atomic mass is 79.9. The van der Waals surface area contributed by atoms with Crippen LogP contribution in [-0.2, 0) is 11.2 Å². The third-order valence-corrected chi connectivity index (χ3v) is 4.37. The molecule has 0 bridgehead atoms. The number of anilines is 1. The van der Waals surface area contributed by atoms with Gasteiger partial charge in [0.2, 0.25) is 5.91 Å². The number of nitrogens with one attached hydrogen (secondary N) is 1. The molecular formula is C17H15BrN8O. The van der Waals surface area contributed by atoms with E-state index in [0.717, 1.165) is 15.9 Å². The van der Waals surface area contributed by atoms with E-state index >= 15 is 0 Å². The van der Waals surface area contributed by atoms with E-state index in [1.54, 1.807) is 21.6 Å². The molecule has 0 radical (unpaired) electrons. The molecule has 1 amide bonds. The highest BCUT2D eigenvalue weighted by Crippen LogP contribution is 2.24. The van der Waals surface area contributed by atoms with Crippen molar-refractivity contribution in [3.05, 3.63) is 58.6 Å². The fourth-order valence-electron chi connectivity index (χ4n) is 2.76. The zero-order valence-corrected chi connectivity index (χ0v) is 16.2. The second kappa shape index (κ2) is 6.88. The number of aromatic nitrogens is 7. The Morgan fingerprint density at radius 1 is 1.22 bits per heavy atom. The Hall–Kier alpha value is -3.14. The topological polar surface area (TPSA) is 103 Å². The van der Waals surface area contributed by atoms with E-state index in [-0.39, 0.29) is 12.3 Å². The van der Waals surface area contributed by atoms with Crippen LogP contribution in [0.1, 0.15) is 17.2 Å². The first-order chi connectivity index (χ1) is 13.0. The van der Waals surface area contributed by atoms with E-state index in [1.807, 2.05) is 32.0 Å². The SMILES string of the molecule is Cc1cc(C)n2nc(CC(=O)Nc3cc(Br)ccc3-n3cncn3)nc2n1. The zero-order chi connectivity index (χ0) is 19.0. The number of hydrogen-bond acceptors (Lipinski definition) is 6. The van der Waals surface area contributed by atoms with Gasteiger partial charge in [0.25, 0.3) is 5.78 Å². The van der Waals surface area contributed by atoms with E-state index in [1.165, 1.54) is 6.33 Å². The first-order valence-electron chi connectivity index (χ1n) is 8.14. The van der Waals surface area contributed by atoms with Crippen LogP contribution in [-0.4, -0.2) is 40.3 Å². The number of carbonyl (C=O) groups excluding carboxylic acids is 1. The van der Waals surface area contributed by atoms with Crippen molar-refractivity contribution in [3.63, 3.8) is 0 Å². The molecule has 0 aliphatic heterocycles. The average molecular weight is 427 g/mol. The Balaban J connectivity index is 1.58. The molecule has 4 aromatic rings. The molecular weight excluding hydrogens is 412 g/mol. The van der Waals surface area contributed by atoms with Crippen LogP contribution in [0.3, 0.4) is 0 Å². The minimum atomic E-state index is -0.236. The number of amides is 1. The van der Waals surface area contributed by atoms with Crippen molar-refractivity contribution in [1.82, 2.24) is 34.3 Å². The summed E-state index contributed by atoms with van der Waals surface area (Å²) in [6.45, 7) is 3.82. The van der Waals surface area contributed by atoms with Crippen LogP contribution < -0.4 is 5.32 Å². The van der Waals surface area contributed by atoms with Gasteiger partial charge < -0.3 is 5.32 Å². The predicted octanol–water partition coefficient (Wildman–Crippen LogP) is 2.27. The van der Waals surface area contributed by atoms with Gasteiger partial charge >= 0.3 is 0 Å². The third kappa shape index (κ3) is 3.56. The van der Waals surface area contributed by atoms with Gasteiger partial charge in [0.1, 0.15) is 12.7 Å². The lowest BCUT2D eigenvalue weighted by Crippen LogP contribution is -2.17. The normalized spacial score (nSPS) is 11.1. The minimum Gasteiger partial charge on any atom is -0.324 e. The fraction of sp³-hybridized carbons (Fsp3) is 0.176. The highest BCUT2D eigenvalue weighted by Gasteiger charge is 2.14. The summed E-state index contributed by atoms with van der Waals surface area (Å²) in [6.07, 6.45) is 3.04. The van der Waals surface area contributed by atoms with Crippen molar-refractivity contribution in [2.24, 2.45) is 0 Å². The number of aryl methyl sites for hydroxylation is 2. The Labute approximate surface area is 162 Å². The maximum atomic E-state index is 12.6. The summed E-state index contributed by atoms with van der Waals surface area (Å²) in [6, 6.07) is 7.43. The Morgan fingerprint density at radius 3 is 2.85 bits per heavy atom. The van der Waals surface area contributed by atoms with E-state index in [9.17, 15) is 4.79 Å². The lowest BCUT2D eigenvalue weighted by atomic mass is 10.2. The van der Waals surface area contributed by atoms with Gasteiger partial charge in [-0.05, 0) is 38.1 Å². The molecule has 1 N–H and O–H groups in total. The van der Waals surface area contributed by atoms with Gasteiger partial charge in [0.15, 0.2) is 5.82 Å². The van der Waals surface area contributed by atoms with Gasteiger partial charge in [-0.25, -0.2) is 19.2 Å². The van der Waals surface area contributed by atoms with Gasteiger partial charge in [-0.3, -0.25) is 4.79 Å². The third-order valence-electron chi connectivity index (χ3n) is 3.88. The Bertz CT molecular complexity index is 1140. The number of fused-ring (bicyclic) bond motifs is 1. The smallest absolute Gasteiger partial charge is 0.252 e. The van der Waals surface area contributed by atoms with Crippen molar-refractivity contribution < 1.29 is 4.79 Å². The average Bonchev–Trinajstić information content (AvgIpc) is 3.24. The molecule has 1 aromatic carbocycles. The lowest BCUT2D eigenvalue weighted by Gasteiger charge is -2.10. The zero-order valence-electron chi connectivity index (χ0n) is 14.6. The van der Waals surface area contributed by atoms with Crippen LogP contribution in [0, 0.1) is 13.8 Å². The fourth-order valence-corrected chi connectivity index (χ4v) is 3.12. The molecule has 0 fully saturated rings. The predicted molar refractivity (Wildman–Crippen MR) is 102 cm³/mol. The number of hydrogen-bond donors (Lipinski definition) is 1. The van der Waals surface area contributed by atoms with Crippen LogP contribution in [0.2, 0.25) is 0 Å². The molecule has 136 valence electrons. The van der Waals surface area contributed by atoms with Crippen LogP contribution in [0.4, 0.5) is 5.69 Å². The molecule has 0 atom stereocenters. The molecule has 3 heterocycles. The molecule has 3 aromatic heterocycles. The molecule has 0 saturated heterocycles. The van der Waals surface area contributed by atoms with Gasteiger partial charge in [-0.2, -0.15) is 10.1 Å². The van der Waals surface area contributed by atoms with Crippen LogP contribution in [0.15, 0.2) is 41.4 Å². The summed E-state index contributed by atoms with van der Waals surface area (Å²) < 4.78 is 4.06. The highest BCUT2D eigenvalue weighted by molar-refractivity contribution is 9.10. The molecule has 27 heavy (non-hydrogen) atoms. The minimum absolute atomic E-state index is 0.0329. The number of carbonyl (C=O) groups is 1. The lowest BCUT2D eigenvalue weighted by molar-refractivity contribution is -0.115. The van der Waals surface area contributed by atoms with Gasteiger partial charge in [0, 0.05) is 15.9 Å². The largest absolute Gasteiger partial charge is 0.324 e. The van der Waals surface area contributed by atoms with E-state index < -0.39 is 0 Å². The van der Waals surface area contributed by atoms with Crippen LogP contribution >= 0.6 is 15.9 Å². The quantitative estimate of drug-likeness (QED) is 0.536. The van der Waals surface area contributed by atoms with E-state index in [2.05, 4.69) is 46.4 Å². The van der Waals surface area contributed by atoms with Crippen molar-refractivity contribution in [2.75, 3.05) is 5.32 Å². The van der Waals surface area contributed by atoms with Crippen molar-refractivity contribution in [3.8, 4) is 5.69 Å². The Morgan fingerprint density at radius 2 is 2.07 bits per heavy atom. The molecule has 0 aliphatic carbocycles. The summed E-state index contributed by atoms with van der Waals surface area (Å²) in [5.41, 5.74) is 3.08. The second-order valence-electron chi connectivity index (χ2n) is 6.01. The monoisotopic (exact) mass is 426 g/mol. The molecule has 0 aliphatic rings. The second-order valence-corrected chi connectivity index (χ2v) is 6.92. The van der Waals surface area contributed by atoms with Crippen molar-refractivity contribution in [1.29, 1.82) is 0 Å². The molecule has 9 nitrogen and oxygen atoms in total. The summed E-state index contributed by atoms with van der Waals surface area (Å²) >= 11 is 3.42. The van der Waals surface area contributed by atoms with Crippen molar-refractivity contribution >= 4 is 33.3 Å².